The van der Waals surface area contributed by atoms with Gasteiger partial charge in [0.1, 0.15) is 5.01 Å². The largest absolute Gasteiger partial charge is 0.379 e. The lowest BCUT2D eigenvalue weighted by Crippen LogP contribution is -2.48. The van der Waals surface area contributed by atoms with Crippen molar-refractivity contribution in [2.45, 2.75) is 19.5 Å². The summed E-state index contributed by atoms with van der Waals surface area (Å²) in [6.07, 6.45) is 0. The molecule has 1 fully saturated rings. The first-order valence-electron chi connectivity index (χ1n) is 7.90. The highest BCUT2D eigenvalue weighted by molar-refractivity contribution is 7.18. The third kappa shape index (κ3) is 4.40. The Balaban J connectivity index is 1.42. The summed E-state index contributed by atoms with van der Waals surface area (Å²) in [5, 5.41) is 6.72. The van der Waals surface area contributed by atoms with Crippen LogP contribution >= 0.6 is 11.3 Å². The van der Waals surface area contributed by atoms with Gasteiger partial charge in [-0.05, 0) is 19.1 Å². The second-order valence-electron chi connectivity index (χ2n) is 5.64. The van der Waals surface area contributed by atoms with Crippen molar-refractivity contribution in [3.8, 4) is 0 Å². The van der Waals surface area contributed by atoms with Crippen molar-refractivity contribution in [2.75, 3.05) is 32.8 Å². The van der Waals surface area contributed by atoms with Crippen LogP contribution in [0, 0.1) is 0 Å². The Morgan fingerprint density at radius 3 is 2.91 bits per heavy atom. The number of urea groups is 1. The van der Waals surface area contributed by atoms with Crippen molar-refractivity contribution in [3.05, 3.63) is 29.3 Å². The van der Waals surface area contributed by atoms with E-state index in [1.54, 1.807) is 11.3 Å². The molecule has 1 atom stereocenters. The number of amides is 2. The van der Waals surface area contributed by atoms with Crippen molar-refractivity contribution in [2.24, 2.45) is 0 Å². The van der Waals surface area contributed by atoms with Gasteiger partial charge in [0, 0.05) is 25.7 Å². The molecule has 0 spiro atoms. The van der Waals surface area contributed by atoms with Crippen LogP contribution in [-0.4, -0.2) is 54.8 Å². The predicted molar refractivity (Wildman–Crippen MR) is 91.7 cm³/mol. The fourth-order valence-corrected chi connectivity index (χ4v) is 3.51. The molecular formula is C16H22N4O2S. The number of morpholine rings is 1. The average Bonchev–Trinajstić information content (AvgIpc) is 3.01. The van der Waals surface area contributed by atoms with Gasteiger partial charge in [-0.1, -0.05) is 12.1 Å². The summed E-state index contributed by atoms with van der Waals surface area (Å²) in [5.74, 6) is 0. The summed E-state index contributed by atoms with van der Waals surface area (Å²) in [4.78, 5) is 18.8. The van der Waals surface area contributed by atoms with Gasteiger partial charge in [-0.3, -0.25) is 4.90 Å². The monoisotopic (exact) mass is 334 g/mol. The number of benzene rings is 1. The van der Waals surface area contributed by atoms with E-state index in [1.165, 1.54) is 0 Å². The Hall–Kier alpha value is -1.70. The van der Waals surface area contributed by atoms with E-state index in [0.29, 0.717) is 19.1 Å². The number of para-hydroxylation sites is 1. The van der Waals surface area contributed by atoms with Gasteiger partial charge in [-0.25, -0.2) is 9.78 Å². The van der Waals surface area contributed by atoms with Crippen molar-refractivity contribution in [3.63, 3.8) is 0 Å². The molecule has 3 rings (SSSR count). The van der Waals surface area contributed by atoms with Crippen LogP contribution in [0.4, 0.5) is 4.79 Å². The first kappa shape index (κ1) is 16.2. The van der Waals surface area contributed by atoms with Crippen LogP contribution in [-0.2, 0) is 11.3 Å². The number of hydrogen-bond donors (Lipinski definition) is 2. The molecule has 1 unspecified atom stereocenters. The quantitative estimate of drug-likeness (QED) is 0.875. The molecule has 0 bridgehead atoms. The zero-order chi connectivity index (χ0) is 16.1. The molecule has 7 heteroatoms. The summed E-state index contributed by atoms with van der Waals surface area (Å²) < 4.78 is 6.48. The number of nitrogens with one attached hydrogen (secondary N) is 2. The smallest absolute Gasteiger partial charge is 0.315 e. The lowest BCUT2D eigenvalue weighted by molar-refractivity contribution is 0.0209. The Morgan fingerprint density at radius 2 is 2.13 bits per heavy atom. The first-order valence-corrected chi connectivity index (χ1v) is 8.72. The minimum absolute atomic E-state index is 0.149. The van der Waals surface area contributed by atoms with E-state index < -0.39 is 0 Å². The molecule has 2 amide bonds. The number of aromatic nitrogens is 1. The average molecular weight is 334 g/mol. The topological polar surface area (TPSA) is 66.5 Å². The third-order valence-electron chi connectivity index (χ3n) is 3.97. The minimum Gasteiger partial charge on any atom is -0.379 e. The lowest BCUT2D eigenvalue weighted by atomic mass is 10.2. The molecule has 1 aliphatic heterocycles. The first-order chi connectivity index (χ1) is 11.2. The molecule has 0 aliphatic carbocycles. The van der Waals surface area contributed by atoms with Crippen LogP contribution < -0.4 is 10.6 Å². The van der Waals surface area contributed by atoms with Crippen LogP contribution in [0.25, 0.3) is 10.2 Å². The number of thiazole rings is 1. The van der Waals surface area contributed by atoms with Crippen molar-refractivity contribution >= 4 is 27.6 Å². The lowest BCUT2D eigenvalue weighted by Gasteiger charge is -2.32. The number of fused-ring (bicyclic) bond motifs is 1. The summed E-state index contributed by atoms with van der Waals surface area (Å²) in [6, 6.07) is 8.16. The van der Waals surface area contributed by atoms with Crippen LogP contribution in [0.5, 0.6) is 0 Å². The van der Waals surface area contributed by atoms with Gasteiger partial charge >= 0.3 is 6.03 Å². The second kappa shape index (κ2) is 7.72. The zero-order valence-corrected chi connectivity index (χ0v) is 14.1. The van der Waals surface area contributed by atoms with Crippen molar-refractivity contribution < 1.29 is 9.53 Å². The normalized spacial score (nSPS) is 17.1. The maximum Gasteiger partial charge on any atom is 0.315 e. The molecule has 0 radical (unpaired) electrons. The van der Waals surface area contributed by atoms with Gasteiger partial charge in [0.15, 0.2) is 0 Å². The summed E-state index contributed by atoms with van der Waals surface area (Å²) in [6.45, 7) is 6.61. The summed E-state index contributed by atoms with van der Waals surface area (Å²) >= 11 is 1.61. The zero-order valence-electron chi connectivity index (χ0n) is 13.2. The van der Waals surface area contributed by atoms with E-state index in [9.17, 15) is 4.79 Å². The van der Waals surface area contributed by atoms with Gasteiger partial charge in [0.25, 0.3) is 0 Å². The van der Waals surface area contributed by atoms with E-state index in [2.05, 4.69) is 27.4 Å². The summed E-state index contributed by atoms with van der Waals surface area (Å²) in [7, 11) is 0. The molecule has 23 heavy (non-hydrogen) atoms. The van der Waals surface area contributed by atoms with E-state index >= 15 is 0 Å². The number of rotatable bonds is 5. The molecule has 124 valence electrons. The molecule has 2 N–H and O–H groups in total. The summed E-state index contributed by atoms with van der Waals surface area (Å²) in [5.41, 5.74) is 0.982. The SMILES string of the molecule is CC(CNC(=O)NCc1nc2ccccc2s1)N1CCOCC1. The van der Waals surface area contributed by atoms with Crippen molar-refractivity contribution in [1.82, 2.24) is 20.5 Å². The third-order valence-corrected chi connectivity index (χ3v) is 5.00. The molecule has 1 aromatic carbocycles. The molecule has 1 aromatic heterocycles. The number of carbonyl (C=O) groups excluding carboxylic acids is 1. The van der Waals surface area contributed by atoms with E-state index in [0.717, 1.165) is 41.5 Å². The number of nitrogens with zero attached hydrogens (tertiary/aromatic N) is 2. The Kier molecular flexibility index (Phi) is 5.43. The molecular weight excluding hydrogens is 312 g/mol. The molecule has 2 aromatic rings. The van der Waals surface area contributed by atoms with Gasteiger partial charge in [-0.2, -0.15) is 0 Å². The van der Waals surface area contributed by atoms with E-state index in [4.69, 9.17) is 4.74 Å². The highest BCUT2D eigenvalue weighted by Gasteiger charge is 2.17. The molecule has 1 aliphatic rings. The van der Waals surface area contributed by atoms with Crippen LogP contribution in [0.1, 0.15) is 11.9 Å². The molecule has 1 saturated heterocycles. The van der Waals surface area contributed by atoms with Gasteiger partial charge in [0.2, 0.25) is 0 Å². The van der Waals surface area contributed by atoms with Crippen LogP contribution in [0.15, 0.2) is 24.3 Å². The maximum atomic E-state index is 11.9. The van der Waals surface area contributed by atoms with Gasteiger partial charge in [0.05, 0.1) is 30.0 Å². The Labute approximate surface area is 139 Å². The van der Waals surface area contributed by atoms with Crippen molar-refractivity contribution in [1.29, 1.82) is 0 Å². The maximum absolute atomic E-state index is 11.9. The second-order valence-corrected chi connectivity index (χ2v) is 6.75. The minimum atomic E-state index is -0.149. The fraction of sp³-hybridized carbons (Fsp3) is 0.500. The fourth-order valence-electron chi connectivity index (χ4n) is 2.60. The standard InChI is InChI=1S/C16H22N4O2S/c1-12(20-6-8-22-9-7-20)10-17-16(21)18-11-15-19-13-4-2-3-5-14(13)23-15/h2-5,12H,6-11H2,1H3,(H2,17,18,21). The van der Waals surface area contributed by atoms with E-state index in [-0.39, 0.29) is 6.03 Å². The van der Waals surface area contributed by atoms with Crippen LogP contribution in [0.2, 0.25) is 0 Å². The van der Waals surface area contributed by atoms with E-state index in [1.807, 2.05) is 24.3 Å². The van der Waals surface area contributed by atoms with Crippen LogP contribution in [0.3, 0.4) is 0 Å². The molecule has 6 nitrogen and oxygen atoms in total. The van der Waals surface area contributed by atoms with Gasteiger partial charge in [-0.15, -0.1) is 11.3 Å². The highest BCUT2D eigenvalue weighted by Crippen LogP contribution is 2.21. The Morgan fingerprint density at radius 1 is 1.35 bits per heavy atom. The predicted octanol–water partition coefficient (Wildman–Crippen LogP) is 1.82. The highest BCUT2D eigenvalue weighted by atomic mass is 32.1. The molecule has 2 heterocycles. The molecule has 0 saturated carbocycles. The number of ether oxygens (including phenoxy) is 1. The Bertz CT molecular complexity index is 621. The number of hydrogen-bond acceptors (Lipinski definition) is 5. The number of carbonyl (C=O) groups is 1. The van der Waals surface area contributed by atoms with Gasteiger partial charge < -0.3 is 15.4 Å².